The number of allylic oxidation sites excluding steroid dienone is 4. The van der Waals surface area contributed by atoms with Crippen molar-refractivity contribution in [2.24, 2.45) is 29.6 Å². The number of nitrogens with zero attached hydrogens (tertiary/aromatic N) is 1. The quantitative estimate of drug-likeness (QED) is 0.460. The van der Waals surface area contributed by atoms with E-state index < -0.39 is 0 Å². The van der Waals surface area contributed by atoms with E-state index in [1.807, 2.05) is 13.8 Å². The second-order valence-electron chi connectivity index (χ2n) is 9.81. The van der Waals surface area contributed by atoms with Gasteiger partial charge in [-0.1, -0.05) is 90.0 Å². The molecular weight excluding hydrogens is 326 g/mol. The normalized spacial score (nSPS) is 15.2. The topological polar surface area (TPSA) is 3.24 Å². The average molecular weight is 380 g/mol. The Labute approximate surface area is 173 Å². The molecule has 0 atom stereocenters. The van der Waals surface area contributed by atoms with Crippen LogP contribution in [0.5, 0.6) is 0 Å². The molecule has 27 heavy (non-hydrogen) atoms. The van der Waals surface area contributed by atoms with Gasteiger partial charge < -0.3 is 4.90 Å². The van der Waals surface area contributed by atoms with Crippen molar-refractivity contribution in [3.05, 3.63) is 22.5 Å². The molecule has 1 aliphatic rings. The molecule has 1 aliphatic heterocycles. The van der Waals surface area contributed by atoms with E-state index in [4.69, 9.17) is 0 Å². The first kappa shape index (κ1) is 28.5. The zero-order chi connectivity index (χ0) is 22.1. The Hall–Kier alpha value is -0.720. The predicted molar refractivity (Wildman–Crippen MR) is 127 cm³/mol. The van der Waals surface area contributed by atoms with Crippen molar-refractivity contribution in [3.63, 3.8) is 0 Å². The van der Waals surface area contributed by atoms with Crippen molar-refractivity contribution in [2.45, 2.75) is 116 Å². The molecular formula is C26H53N. The van der Waals surface area contributed by atoms with E-state index >= 15 is 0 Å². The summed E-state index contributed by atoms with van der Waals surface area (Å²) in [5.74, 6) is 3.27. The lowest BCUT2D eigenvalue weighted by molar-refractivity contribution is 0.268. The van der Waals surface area contributed by atoms with Crippen molar-refractivity contribution in [1.82, 2.24) is 4.90 Å². The third-order valence-electron chi connectivity index (χ3n) is 4.56. The Morgan fingerprint density at radius 3 is 0.926 bits per heavy atom. The van der Waals surface area contributed by atoms with Gasteiger partial charge in [0.15, 0.2) is 0 Å². The highest BCUT2D eigenvalue weighted by molar-refractivity contribution is 5.37. The van der Waals surface area contributed by atoms with E-state index in [2.05, 4.69) is 94.9 Å². The molecule has 0 aromatic carbocycles. The smallest absolute Gasteiger partial charge is 0.0279 e. The molecule has 0 aromatic heterocycles. The van der Waals surface area contributed by atoms with Gasteiger partial charge in [-0.2, -0.15) is 0 Å². The van der Waals surface area contributed by atoms with Gasteiger partial charge in [0.25, 0.3) is 0 Å². The van der Waals surface area contributed by atoms with E-state index in [1.54, 1.807) is 22.5 Å². The maximum Gasteiger partial charge on any atom is 0.0279 e. The van der Waals surface area contributed by atoms with Gasteiger partial charge in [0.05, 0.1) is 0 Å². The van der Waals surface area contributed by atoms with Crippen molar-refractivity contribution >= 4 is 0 Å². The minimum absolute atomic E-state index is 0.530. The molecule has 0 unspecified atom stereocenters. The van der Waals surface area contributed by atoms with Crippen LogP contribution in [0.3, 0.4) is 0 Å². The zero-order valence-corrected chi connectivity index (χ0v) is 21.6. The number of hydrogen-bond acceptors (Lipinski definition) is 1. The fourth-order valence-electron chi connectivity index (χ4n) is 3.68. The molecule has 0 spiro atoms. The predicted octanol–water partition coefficient (Wildman–Crippen LogP) is 8.92. The molecule has 0 saturated carbocycles. The summed E-state index contributed by atoms with van der Waals surface area (Å²) in [4.78, 5) is 2.67. The molecule has 1 rings (SSSR count). The molecule has 1 heteroatoms. The van der Waals surface area contributed by atoms with E-state index in [0.29, 0.717) is 29.7 Å². The molecule has 1 nitrogen and oxygen atoms in total. The SMILES string of the molecule is CC.CC(C)C.CC(C)C1=C(C(C)C)N(C(C)C)C(C(C)C)=C(C(C)C)C1. The number of hydrogen-bond donors (Lipinski definition) is 0. The van der Waals surface area contributed by atoms with Crippen LogP contribution in [0.4, 0.5) is 0 Å². The standard InChI is InChI=1S/C20H37N.C4H10.C2H6/c1-12(2)17-11-18(13(3)4)20(15(7)8)21(16(9)10)19(17)14(5)6;1-4(2)3;1-2/h12-16H,11H2,1-10H3;4H,1-3H3;1-2H3. The van der Waals surface area contributed by atoms with Gasteiger partial charge in [0, 0.05) is 17.4 Å². The molecule has 0 bridgehead atoms. The third-order valence-corrected chi connectivity index (χ3v) is 4.56. The lowest BCUT2D eigenvalue weighted by Gasteiger charge is -2.45. The molecule has 1 heterocycles. The Kier molecular flexibility index (Phi) is 14.2. The fourth-order valence-corrected chi connectivity index (χ4v) is 3.68. The van der Waals surface area contributed by atoms with E-state index in [0.717, 1.165) is 5.92 Å². The van der Waals surface area contributed by atoms with Crippen LogP contribution in [0.25, 0.3) is 0 Å². The Morgan fingerprint density at radius 2 is 0.778 bits per heavy atom. The Bertz CT molecular complexity index is 420. The van der Waals surface area contributed by atoms with Gasteiger partial charge in [0.2, 0.25) is 0 Å². The largest absolute Gasteiger partial charge is 0.346 e. The lowest BCUT2D eigenvalue weighted by atomic mass is 9.79. The average Bonchev–Trinajstić information content (AvgIpc) is 2.53. The highest BCUT2D eigenvalue weighted by Gasteiger charge is 2.33. The van der Waals surface area contributed by atoms with Gasteiger partial charge in [-0.05, 0) is 61.0 Å². The Morgan fingerprint density at radius 1 is 0.519 bits per heavy atom. The van der Waals surface area contributed by atoms with Crippen LogP contribution in [0.1, 0.15) is 110 Å². The van der Waals surface area contributed by atoms with Crippen LogP contribution in [0.15, 0.2) is 22.5 Å². The van der Waals surface area contributed by atoms with E-state index in [1.165, 1.54) is 6.42 Å². The van der Waals surface area contributed by atoms with Crippen LogP contribution in [0, 0.1) is 29.6 Å². The van der Waals surface area contributed by atoms with E-state index in [9.17, 15) is 0 Å². The van der Waals surface area contributed by atoms with Gasteiger partial charge in [-0.15, -0.1) is 0 Å². The molecule has 0 aliphatic carbocycles. The van der Waals surface area contributed by atoms with Crippen LogP contribution >= 0.6 is 0 Å². The highest BCUT2D eigenvalue weighted by atomic mass is 15.2. The van der Waals surface area contributed by atoms with Crippen molar-refractivity contribution < 1.29 is 0 Å². The van der Waals surface area contributed by atoms with Gasteiger partial charge in [-0.25, -0.2) is 0 Å². The van der Waals surface area contributed by atoms with Crippen LogP contribution < -0.4 is 0 Å². The number of rotatable bonds is 5. The lowest BCUT2D eigenvalue weighted by Crippen LogP contribution is -2.39. The summed E-state index contributed by atoms with van der Waals surface area (Å²) < 4.78 is 0. The fraction of sp³-hybridized carbons (Fsp3) is 0.846. The summed E-state index contributed by atoms with van der Waals surface area (Å²) in [5.41, 5.74) is 6.50. The van der Waals surface area contributed by atoms with Crippen LogP contribution in [-0.4, -0.2) is 10.9 Å². The summed E-state index contributed by atoms with van der Waals surface area (Å²) >= 11 is 0. The second kappa shape index (κ2) is 13.5. The summed E-state index contributed by atoms with van der Waals surface area (Å²) in [6.07, 6.45) is 1.18. The molecule has 162 valence electrons. The minimum Gasteiger partial charge on any atom is -0.346 e. The first-order valence-corrected chi connectivity index (χ1v) is 11.6. The zero-order valence-electron chi connectivity index (χ0n) is 21.6. The van der Waals surface area contributed by atoms with Gasteiger partial charge in [-0.3, -0.25) is 0 Å². The summed E-state index contributed by atoms with van der Waals surface area (Å²) in [7, 11) is 0. The van der Waals surface area contributed by atoms with Crippen molar-refractivity contribution in [3.8, 4) is 0 Å². The summed E-state index contributed by atoms with van der Waals surface area (Å²) in [6.45, 7) is 34.0. The molecule has 0 radical (unpaired) electrons. The van der Waals surface area contributed by atoms with Crippen molar-refractivity contribution in [1.29, 1.82) is 0 Å². The first-order chi connectivity index (χ1) is 12.3. The Balaban J connectivity index is 0. The summed E-state index contributed by atoms with van der Waals surface area (Å²) in [5, 5.41) is 0. The monoisotopic (exact) mass is 379 g/mol. The molecule has 0 fully saturated rings. The van der Waals surface area contributed by atoms with E-state index in [-0.39, 0.29) is 0 Å². The third kappa shape index (κ3) is 8.88. The molecule has 0 saturated heterocycles. The first-order valence-electron chi connectivity index (χ1n) is 11.6. The van der Waals surface area contributed by atoms with Crippen LogP contribution in [-0.2, 0) is 0 Å². The molecule has 0 amide bonds. The molecule has 0 N–H and O–H groups in total. The van der Waals surface area contributed by atoms with Crippen molar-refractivity contribution in [2.75, 3.05) is 0 Å². The maximum absolute atomic E-state index is 2.67. The molecule has 0 aromatic rings. The highest BCUT2D eigenvalue weighted by Crippen LogP contribution is 2.43. The summed E-state index contributed by atoms with van der Waals surface area (Å²) in [6, 6.07) is 0.530. The van der Waals surface area contributed by atoms with Crippen LogP contribution in [0.2, 0.25) is 0 Å². The van der Waals surface area contributed by atoms with Gasteiger partial charge in [0.1, 0.15) is 0 Å². The van der Waals surface area contributed by atoms with Gasteiger partial charge >= 0.3 is 0 Å². The minimum atomic E-state index is 0.530. The maximum atomic E-state index is 2.67. The second-order valence-corrected chi connectivity index (χ2v) is 9.81.